The molecule has 3 unspecified atom stereocenters. The lowest BCUT2D eigenvalue weighted by molar-refractivity contribution is -0.146. The van der Waals surface area contributed by atoms with Crippen LogP contribution in [0.1, 0.15) is 71.6 Å². The Morgan fingerprint density at radius 3 is 2.57 bits per heavy atom. The summed E-state index contributed by atoms with van der Waals surface area (Å²) in [7, 11) is 1.32. The maximum absolute atomic E-state index is 12.8. The van der Waals surface area contributed by atoms with Gasteiger partial charge in [-0.2, -0.15) is 0 Å². The minimum Gasteiger partial charge on any atom is -0.467 e. The van der Waals surface area contributed by atoms with Crippen LogP contribution < -0.4 is 16.0 Å². The summed E-state index contributed by atoms with van der Waals surface area (Å²) >= 11 is 0. The molecular weight excluding hydrogens is 358 g/mol. The molecule has 0 aromatic carbocycles. The number of ether oxygens (including phenoxy) is 1. The average Bonchev–Trinajstić information content (AvgIpc) is 3.06. The van der Waals surface area contributed by atoms with E-state index < -0.39 is 12.0 Å². The first-order chi connectivity index (χ1) is 13.2. The van der Waals surface area contributed by atoms with Crippen molar-refractivity contribution >= 4 is 17.8 Å². The quantitative estimate of drug-likeness (QED) is 0.617. The van der Waals surface area contributed by atoms with Crippen molar-refractivity contribution in [3.8, 4) is 0 Å². The zero-order chi connectivity index (χ0) is 20.4. The zero-order valence-corrected chi connectivity index (χ0v) is 17.4. The van der Waals surface area contributed by atoms with Crippen LogP contribution in [0.4, 0.5) is 0 Å². The third-order valence-electron chi connectivity index (χ3n) is 6.86. The number of hydrogen-bond donors (Lipinski definition) is 3. The van der Waals surface area contributed by atoms with Crippen molar-refractivity contribution in [3.63, 3.8) is 0 Å². The molecule has 3 fully saturated rings. The van der Waals surface area contributed by atoms with Gasteiger partial charge in [0.05, 0.1) is 13.2 Å². The molecule has 0 radical (unpaired) electrons. The summed E-state index contributed by atoms with van der Waals surface area (Å²) in [5.74, 6) is -0.996. The maximum Gasteiger partial charge on any atom is 0.328 e. The fourth-order valence-electron chi connectivity index (χ4n) is 5.09. The lowest BCUT2D eigenvalue weighted by Crippen LogP contribution is -2.54. The highest BCUT2D eigenvalue weighted by Gasteiger charge is 2.43. The molecule has 0 aromatic rings. The number of hydrogen-bond acceptors (Lipinski definition) is 5. The van der Waals surface area contributed by atoms with Gasteiger partial charge in [-0.05, 0) is 57.8 Å². The van der Waals surface area contributed by atoms with Crippen molar-refractivity contribution in [2.75, 3.05) is 13.7 Å². The SMILES string of the molecule is COC(=O)C(CC1CCC(C)(C)NC1=O)NC(=O)C1CC2(CCCCC2)CN1. The lowest BCUT2D eigenvalue weighted by Gasteiger charge is -2.36. The standard InChI is InChI=1S/C21H35N3O4/c1-20(2)10-7-14(17(25)24-20)11-15(19(27)28-3)23-18(26)16-12-21(13-22-16)8-5-4-6-9-21/h14-16,22H,4-13H2,1-3H3,(H,23,26)(H,24,25). The van der Waals surface area contributed by atoms with Crippen LogP contribution in [0.5, 0.6) is 0 Å². The van der Waals surface area contributed by atoms with E-state index in [1.807, 2.05) is 13.8 Å². The van der Waals surface area contributed by atoms with Gasteiger partial charge in [0.1, 0.15) is 6.04 Å². The summed E-state index contributed by atoms with van der Waals surface area (Å²) in [6.45, 7) is 4.86. The van der Waals surface area contributed by atoms with Gasteiger partial charge in [0.15, 0.2) is 0 Å². The number of methoxy groups -OCH3 is 1. The van der Waals surface area contributed by atoms with Gasteiger partial charge in [-0.1, -0.05) is 19.3 Å². The second-order valence-corrected chi connectivity index (χ2v) is 9.63. The Kier molecular flexibility index (Phi) is 6.32. The number of nitrogens with one attached hydrogen (secondary N) is 3. The second-order valence-electron chi connectivity index (χ2n) is 9.63. The highest BCUT2D eigenvalue weighted by Crippen LogP contribution is 2.42. The van der Waals surface area contributed by atoms with Gasteiger partial charge in [0.25, 0.3) is 0 Å². The molecular formula is C21H35N3O4. The first-order valence-electron chi connectivity index (χ1n) is 10.7. The van der Waals surface area contributed by atoms with Gasteiger partial charge in [-0.25, -0.2) is 4.79 Å². The smallest absolute Gasteiger partial charge is 0.328 e. The van der Waals surface area contributed by atoms with Crippen LogP contribution in [0.15, 0.2) is 0 Å². The van der Waals surface area contributed by atoms with Crippen LogP contribution >= 0.6 is 0 Å². The molecule has 2 saturated heterocycles. The second kappa shape index (κ2) is 8.39. The van der Waals surface area contributed by atoms with E-state index in [1.54, 1.807) is 0 Å². The fraction of sp³-hybridized carbons (Fsp3) is 0.857. The molecule has 2 aliphatic heterocycles. The van der Waals surface area contributed by atoms with Crippen LogP contribution in [0, 0.1) is 11.3 Å². The topological polar surface area (TPSA) is 96.5 Å². The van der Waals surface area contributed by atoms with Gasteiger partial charge in [-0.3, -0.25) is 9.59 Å². The van der Waals surface area contributed by atoms with Crippen LogP contribution in [0.25, 0.3) is 0 Å². The summed E-state index contributed by atoms with van der Waals surface area (Å²) in [5, 5.41) is 9.22. The first kappa shape index (κ1) is 21.1. The number of carbonyl (C=O) groups excluding carboxylic acids is 3. The molecule has 7 heteroatoms. The van der Waals surface area contributed by atoms with Crippen LogP contribution in [0.3, 0.4) is 0 Å². The Morgan fingerprint density at radius 2 is 1.93 bits per heavy atom. The van der Waals surface area contributed by atoms with Crippen molar-refractivity contribution in [1.29, 1.82) is 0 Å². The molecule has 3 atom stereocenters. The largest absolute Gasteiger partial charge is 0.467 e. The van der Waals surface area contributed by atoms with Gasteiger partial charge in [0.2, 0.25) is 11.8 Å². The summed E-state index contributed by atoms with van der Waals surface area (Å²) in [6.07, 6.45) is 8.73. The Morgan fingerprint density at radius 1 is 1.21 bits per heavy atom. The van der Waals surface area contributed by atoms with Crippen molar-refractivity contribution in [2.24, 2.45) is 11.3 Å². The molecule has 3 aliphatic rings. The van der Waals surface area contributed by atoms with Crippen molar-refractivity contribution < 1.29 is 19.1 Å². The van der Waals surface area contributed by atoms with E-state index in [1.165, 1.54) is 39.2 Å². The molecule has 1 aliphatic carbocycles. The fourth-order valence-corrected chi connectivity index (χ4v) is 5.09. The summed E-state index contributed by atoms with van der Waals surface area (Å²) < 4.78 is 4.90. The molecule has 1 saturated carbocycles. The maximum atomic E-state index is 12.8. The molecule has 0 bridgehead atoms. The molecule has 2 heterocycles. The first-order valence-corrected chi connectivity index (χ1v) is 10.7. The molecule has 3 rings (SSSR count). The molecule has 2 amide bonds. The van der Waals surface area contributed by atoms with E-state index in [0.717, 1.165) is 19.4 Å². The number of rotatable bonds is 5. The molecule has 3 N–H and O–H groups in total. The van der Waals surface area contributed by atoms with E-state index in [-0.39, 0.29) is 41.1 Å². The highest BCUT2D eigenvalue weighted by atomic mass is 16.5. The Hall–Kier alpha value is -1.63. The number of piperidine rings is 1. The summed E-state index contributed by atoms with van der Waals surface area (Å²) in [6, 6.07) is -1.07. The van der Waals surface area contributed by atoms with E-state index in [9.17, 15) is 14.4 Å². The van der Waals surface area contributed by atoms with Crippen molar-refractivity contribution in [3.05, 3.63) is 0 Å². The average molecular weight is 394 g/mol. The van der Waals surface area contributed by atoms with Gasteiger partial charge < -0.3 is 20.7 Å². The van der Waals surface area contributed by atoms with Gasteiger partial charge in [-0.15, -0.1) is 0 Å². The third kappa shape index (κ3) is 4.85. The van der Waals surface area contributed by atoms with E-state index in [2.05, 4.69) is 16.0 Å². The molecule has 28 heavy (non-hydrogen) atoms. The Bertz CT molecular complexity index is 613. The minimum absolute atomic E-state index is 0.0560. The van der Waals surface area contributed by atoms with E-state index in [0.29, 0.717) is 6.42 Å². The van der Waals surface area contributed by atoms with Crippen molar-refractivity contribution in [2.45, 2.75) is 89.3 Å². The molecule has 0 aromatic heterocycles. The lowest BCUT2D eigenvalue weighted by atomic mass is 9.72. The van der Waals surface area contributed by atoms with Crippen LogP contribution in [-0.2, 0) is 19.1 Å². The predicted octanol–water partition coefficient (Wildman–Crippen LogP) is 1.65. The predicted molar refractivity (Wildman–Crippen MR) is 105 cm³/mol. The van der Waals surface area contributed by atoms with Crippen molar-refractivity contribution in [1.82, 2.24) is 16.0 Å². The number of esters is 1. The highest BCUT2D eigenvalue weighted by molar-refractivity contribution is 5.88. The third-order valence-corrected chi connectivity index (χ3v) is 6.86. The minimum atomic E-state index is -0.792. The molecule has 7 nitrogen and oxygen atoms in total. The van der Waals surface area contributed by atoms with Crippen LogP contribution in [-0.4, -0.2) is 49.1 Å². The van der Waals surface area contributed by atoms with E-state index in [4.69, 9.17) is 4.74 Å². The normalized spacial score (nSPS) is 29.8. The monoisotopic (exact) mass is 393 g/mol. The number of carbonyl (C=O) groups is 3. The summed E-state index contributed by atoms with van der Waals surface area (Å²) in [5.41, 5.74) is 0.00946. The van der Waals surface area contributed by atoms with E-state index >= 15 is 0 Å². The van der Waals surface area contributed by atoms with Crippen LogP contribution in [0.2, 0.25) is 0 Å². The van der Waals surface area contributed by atoms with Gasteiger partial charge >= 0.3 is 5.97 Å². The molecule has 158 valence electrons. The van der Waals surface area contributed by atoms with Gasteiger partial charge in [0, 0.05) is 18.0 Å². The number of amides is 2. The Balaban J connectivity index is 1.59. The summed E-state index contributed by atoms with van der Waals surface area (Å²) in [4.78, 5) is 37.5. The Labute approximate surface area is 167 Å². The molecule has 1 spiro atoms. The zero-order valence-electron chi connectivity index (χ0n) is 17.4.